The third-order valence-corrected chi connectivity index (χ3v) is 15.2. The van der Waals surface area contributed by atoms with Crippen LogP contribution in [-0.2, 0) is 35.8 Å². The van der Waals surface area contributed by atoms with Crippen molar-refractivity contribution in [3.63, 3.8) is 0 Å². The van der Waals surface area contributed by atoms with E-state index in [1.165, 1.54) is 0 Å². The zero-order chi connectivity index (χ0) is 50.5. The first-order valence-electron chi connectivity index (χ1n) is 25.0. The number of fused-ring (bicyclic) bond motifs is 8. The van der Waals surface area contributed by atoms with E-state index < -0.39 is 11.8 Å². The number of pyridine rings is 4. The Morgan fingerprint density at radius 3 is 1.35 bits per heavy atom. The van der Waals surface area contributed by atoms with Crippen molar-refractivity contribution in [2.45, 2.75) is 90.1 Å². The number of aliphatic hydroxyl groups excluding tert-OH is 2. The third kappa shape index (κ3) is 9.79. The summed E-state index contributed by atoms with van der Waals surface area (Å²) in [7, 11) is 0. The van der Waals surface area contributed by atoms with E-state index in [4.69, 9.17) is 0 Å². The highest BCUT2D eigenvalue weighted by molar-refractivity contribution is 5.82. The summed E-state index contributed by atoms with van der Waals surface area (Å²) < 4.78 is 3.61. The molecule has 2 aromatic carbocycles. The third-order valence-electron chi connectivity index (χ3n) is 15.2. The smallest absolute Gasteiger partial charge is 0.258 e. The summed E-state index contributed by atoms with van der Waals surface area (Å²) in [6.07, 6.45) is 14.5. The molecule has 0 aliphatic carbocycles. The van der Waals surface area contributed by atoms with Crippen molar-refractivity contribution in [3.8, 4) is 0 Å². The Kier molecular flexibility index (Phi) is 15.3. The van der Waals surface area contributed by atoms with Crippen molar-refractivity contribution in [1.82, 2.24) is 39.5 Å². The van der Waals surface area contributed by atoms with E-state index in [1.807, 2.05) is 174 Å². The Morgan fingerprint density at radius 1 is 0.597 bits per heavy atom. The van der Waals surface area contributed by atoms with Gasteiger partial charge in [-0.2, -0.15) is 0 Å². The summed E-state index contributed by atoms with van der Waals surface area (Å²) in [6, 6.07) is 33.8. The lowest BCUT2D eigenvalue weighted by atomic mass is 9.86. The van der Waals surface area contributed by atoms with Crippen molar-refractivity contribution < 1.29 is 19.8 Å². The molecule has 0 unspecified atom stereocenters. The molecule has 4 aliphatic heterocycles. The lowest BCUT2D eigenvalue weighted by Gasteiger charge is -2.38. The molecule has 4 N–H and O–H groups in total. The number of nitrogens with zero attached hydrogens (tertiary/aromatic N) is 6. The van der Waals surface area contributed by atoms with Crippen LogP contribution in [0, 0.1) is 23.7 Å². The van der Waals surface area contributed by atoms with E-state index in [-0.39, 0.29) is 84.2 Å². The Morgan fingerprint density at radius 2 is 1.00 bits per heavy atom. The maximum absolute atomic E-state index is 13.8. The van der Waals surface area contributed by atoms with Crippen LogP contribution in [0.5, 0.6) is 0 Å². The number of carbonyl (C=O) groups excluding carboxylic acids is 2. The topological polar surface area (TPSA) is 175 Å². The molecule has 10 rings (SSSR count). The molecule has 0 saturated carbocycles. The van der Waals surface area contributed by atoms with Crippen LogP contribution in [0.4, 0.5) is 0 Å². The van der Waals surface area contributed by atoms with Crippen LogP contribution in [0.2, 0.25) is 0 Å². The molecule has 372 valence electrons. The second-order valence-electron chi connectivity index (χ2n) is 19.4. The van der Waals surface area contributed by atoms with E-state index in [1.54, 1.807) is 21.5 Å². The first-order chi connectivity index (χ1) is 35.1. The molecule has 4 bridgehead atoms. The molecule has 10 atom stereocenters. The number of nitrogens with one attached hydrogen (secondary N) is 2. The van der Waals surface area contributed by atoms with Gasteiger partial charge in [-0.25, -0.2) is 0 Å². The average Bonchev–Trinajstić information content (AvgIpc) is 3.74. The van der Waals surface area contributed by atoms with Crippen LogP contribution in [0.25, 0.3) is 12.2 Å². The predicted molar refractivity (Wildman–Crippen MR) is 278 cm³/mol. The lowest BCUT2D eigenvalue weighted by Crippen LogP contribution is -2.46. The average molecular weight is 969 g/mol. The van der Waals surface area contributed by atoms with Gasteiger partial charge in [-0.05, 0) is 86.3 Å². The van der Waals surface area contributed by atoms with Crippen molar-refractivity contribution in [2.75, 3.05) is 13.2 Å². The van der Waals surface area contributed by atoms with Gasteiger partial charge in [0.15, 0.2) is 0 Å². The van der Waals surface area contributed by atoms with E-state index in [0.29, 0.717) is 37.3 Å². The molecular formula is C58H64N8O6. The molecule has 72 heavy (non-hydrogen) atoms. The van der Waals surface area contributed by atoms with Gasteiger partial charge in [0.1, 0.15) is 0 Å². The largest absolute Gasteiger partial charge is 0.396 e. The van der Waals surface area contributed by atoms with E-state index >= 15 is 0 Å². The van der Waals surface area contributed by atoms with Crippen LogP contribution in [-0.4, -0.2) is 76.2 Å². The molecule has 14 nitrogen and oxygen atoms in total. The maximum Gasteiger partial charge on any atom is 0.258 e. The molecule has 0 spiro atoms. The van der Waals surface area contributed by atoms with Gasteiger partial charge in [0.05, 0.1) is 36.0 Å². The standard InChI is InChI=1S/2C29H32N4O3/c2*1-3-8-22-12-13-24-27-26(28(35)31-19(2)21-10-5-4-6-11-21)23(18-34)25(17-33(24)29(22)36)32(27)16-20-9-7-14-30-15-20/h2*3-15,19,23,25-27,34H,16-18H2,1-2H3,(H,31,35)/b8-3+;8-3-/t2*19-,23+,25+,26-,27-/m11/s1. The highest BCUT2D eigenvalue weighted by Crippen LogP contribution is 2.50. The fourth-order valence-electron chi connectivity index (χ4n) is 11.8. The number of hydrogen-bond acceptors (Lipinski definition) is 10. The van der Waals surface area contributed by atoms with Gasteiger partial charge in [-0.1, -0.05) is 97.1 Å². The van der Waals surface area contributed by atoms with Crippen molar-refractivity contribution in [3.05, 3.63) is 212 Å². The summed E-state index contributed by atoms with van der Waals surface area (Å²) in [5.41, 5.74) is 6.87. The lowest BCUT2D eigenvalue weighted by molar-refractivity contribution is -0.129. The fraction of sp³-hybridized carbons (Fsp3) is 0.345. The first kappa shape index (κ1) is 49.9. The van der Waals surface area contributed by atoms with Gasteiger partial charge in [-0.3, -0.25) is 38.9 Å². The highest BCUT2D eigenvalue weighted by atomic mass is 16.3. The minimum atomic E-state index is -0.497. The van der Waals surface area contributed by atoms with Gasteiger partial charge in [-0.15, -0.1) is 0 Å². The number of rotatable bonds is 14. The Hall–Kier alpha value is -7.10. The van der Waals surface area contributed by atoms with Crippen LogP contribution in [0.15, 0.2) is 156 Å². The van der Waals surface area contributed by atoms with Gasteiger partial charge in [0.2, 0.25) is 11.8 Å². The van der Waals surface area contributed by atoms with Gasteiger partial charge in [0.25, 0.3) is 11.1 Å². The molecule has 0 radical (unpaired) electrons. The number of hydrogen-bond donors (Lipinski definition) is 4. The zero-order valence-corrected chi connectivity index (χ0v) is 41.2. The number of allylic oxidation sites excluding steroid dienone is 2. The van der Waals surface area contributed by atoms with E-state index in [0.717, 1.165) is 33.6 Å². The number of carbonyl (C=O) groups is 2. The monoisotopic (exact) mass is 968 g/mol. The van der Waals surface area contributed by atoms with E-state index in [2.05, 4.69) is 30.4 Å². The Balaban J connectivity index is 0.000000178. The highest BCUT2D eigenvalue weighted by Gasteiger charge is 2.57. The zero-order valence-electron chi connectivity index (χ0n) is 41.2. The SMILES string of the molecule is C/C=C/c1ccc2n(c1=O)C[C@H]1[C@H](CO)[C@@H](C(=O)N[C@H](C)c3ccccc3)[C@@H]2N1Cc1cccnc1.C/C=C\c1ccc2n(c1=O)C[C@H]1[C@H](CO)[C@@H](C(=O)N[C@H](C)c3ccccc3)[C@@H]2N1Cc1cccnc1. The summed E-state index contributed by atoms with van der Waals surface area (Å²) in [5.74, 6) is -1.81. The molecule has 4 aromatic heterocycles. The van der Waals surface area contributed by atoms with E-state index in [9.17, 15) is 29.4 Å². The van der Waals surface area contributed by atoms with Crippen LogP contribution < -0.4 is 21.8 Å². The van der Waals surface area contributed by atoms with Crippen molar-refractivity contribution in [1.29, 1.82) is 0 Å². The first-order valence-corrected chi connectivity index (χ1v) is 25.0. The number of aliphatic hydroxyl groups is 2. The maximum atomic E-state index is 13.8. The Bertz CT molecular complexity index is 2810. The van der Waals surface area contributed by atoms with Crippen molar-refractivity contribution in [2.24, 2.45) is 23.7 Å². The molecule has 4 aliphatic rings. The predicted octanol–water partition coefficient (Wildman–Crippen LogP) is 6.64. The molecular weight excluding hydrogens is 905 g/mol. The van der Waals surface area contributed by atoms with Gasteiger partial charge < -0.3 is 30.0 Å². The minimum Gasteiger partial charge on any atom is -0.396 e. The number of amides is 2. The van der Waals surface area contributed by atoms with Crippen molar-refractivity contribution >= 4 is 24.0 Å². The number of benzene rings is 2. The van der Waals surface area contributed by atoms with Crippen LogP contribution in [0.1, 0.15) is 96.6 Å². The molecule has 2 fully saturated rings. The summed E-state index contributed by atoms with van der Waals surface area (Å²) in [4.78, 5) is 67.4. The van der Waals surface area contributed by atoms with Gasteiger partial charge >= 0.3 is 0 Å². The molecule has 14 heteroatoms. The summed E-state index contributed by atoms with van der Waals surface area (Å²) in [5, 5.41) is 27.5. The van der Waals surface area contributed by atoms with Gasteiger partial charge in [0, 0.05) is 111 Å². The number of aromatic nitrogens is 4. The fourth-order valence-corrected chi connectivity index (χ4v) is 11.8. The molecule has 8 heterocycles. The van der Waals surface area contributed by atoms with Crippen LogP contribution >= 0.6 is 0 Å². The molecule has 2 saturated heterocycles. The summed E-state index contributed by atoms with van der Waals surface area (Å²) >= 11 is 0. The quantitative estimate of drug-likeness (QED) is 0.0928. The second kappa shape index (κ2) is 22.1. The minimum absolute atomic E-state index is 0.0583. The Labute approximate surface area is 420 Å². The normalized spacial score (nSPS) is 24.0. The molecule has 2 amide bonds. The van der Waals surface area contributed by atoms with Crippen LogP contribution in [0.3, 0.4) is 0 Å². The molecule has 6 aromatic rings. The second-order valence-corrected chi connectivity index (χ2v) is 19.4. The summed E-state index contributed by atoms with van der Waals surface area (Å²) in [6.45, 7) is 9.48.